The highest BCUT2D eigenvalue weighted by molar-refractivity contribution is 7.15. The Balaban J connectivity index is 1.39. The molecule has 0 spiro atoms. The molecule has 29 heavy (non-hydrogen) atoms. The number of hydrogen-bond donors (Lipinski definition) is 1. The molecule has 2 unspecified atom stereocenters. The molecule has 4 aliphatic rings. The Labute approximate surface area is 174 Å². The van der Waals surface area contributed by atoms with Gasteiger partial charge in [0.15, 0.2) is 5.13 Å². The molecule has 2 aromatic heterocycles. The summed E-state index contributed by atoms with van der Waals surface area (Å²) >= 11 is 1.52. The molecule has 2 atom stereocenters. The van der Waals surface area contributed by atoms with E-state index in [1.807, 2.05) is 13.8 Å². The van der Waals surface area contributed by atoms with Gasteiger partial charge in [0.2, 0.25) is 5.91 Å². The Morgan fingerprint density at radius 1 is 1.17 bits per heavy atom. The van der Waals surface area contributed by atoms with Gasteiger partial charge in [0.05, 0.1) is 11.1 Å². The van der Waals surface area contributed by atoms with Crippen molar-refractivity contribution in [3.8, 4) is 0 Å². The molecule has 0 aromatic carbocycles. The molecule has 1 N–H and O–H groups in total. The van der Waals surface area contributed by atoms with Crippen LogP contribution < -0.4 is 5.32 Å². The zero-order valence-electron chi connectivity index (χ0n) is 16.7. The molecule has 0 saturated heterocycles. The van der Waals surface area contributed by atoms with E-state index >= 15 is 0 Å². The van der Waals surface area contributed by atoms with Crippen molar-refractivity contribution in [1.82, 2.24) is 9.97 Å². The molecule has 4 saturated carbocycles. The van der Waals surface area contributed by atoms with Crippen LogP contribution in [-0.2, 0) is 9.53 Å². The molecule has 4 aliphatic carbocycles. The van der Waals surface area contributed by atoms with Crippen LogP contribution in [-0.4, -0.2) is 27.4 Å². The maximum Gasteiger partial charge on any atom is 0.357 e. The Bertz CT molecular complexity index is 937. The van der Waals surface area contributed by atoms with Gasteiger partial charge in [-0.1, -0.05) is 6.07 Å². The summed E-state index contributed by atoms with van der Waals surface area (Å²) in [6.07, 6.45) is 6.79. The second kappa shape index (κ2) is 6.62. The lowest BCUT2D eigenvalue weighted by molar-refractivity contribution is -0.176. The Morgan fingerprint density at radius 3 is 2.55 bits per heavy atom. The average molecular weight is 412 g/mol. The van der Waals surface area contributed by atoms with E-state index < -0.39 is 11.0 Å². The van der Waals surface area contributed by atoms with Gasteiger partial charge < -0.3 is 10.1 Å². The number of anilines is 1. The average Bonchev–Trinajstić information content (AvgIpc) is 2.98. The minimum atomic E-state index is -0.551. The number of pyridine rings is 1. The first-order valence-corrected chi connectivity index (χ1v) is 11.1. The van der Waals surface area contributed by atoms with Crippen LogP contribution in [0.5, 0.6) is 0 Å². The minimum absolute atomic E-state index is 0.0404. The van der Waals surface area contributed by atoms with Crippen molar-refractivity contribution < 1.29 is 14.3 Å². The SMILES string of the molecule is Cc1nc(NC(=O)C23CC4CC(CC(OC(=O)c5ccccn5)(C4)C2)C3)sc1C. The van der Waals surface area contributed by atoms with E-state index in [0.29, 0.717) is 29.1 Å². The summed E-state index contributed by atoms with van der Waals surface area (Å²) in [5.74, 6) is 0.518. The van der Waals surface area contributed by atoms with Crippen molar-refractivity contribution in [3.05, 3.63) is 40.7 Å². The normalized spacial score (nSPS) is 32.2. The predicted octanol–water partition coefficient (Wildman–Crippen LogP) is 4.29. The van der Waals surface area contributed by atoms with Gasteiger partial charge in [-0.15, -0.1) is 11.3 Å². The molecule has 6 nitrogen and oxygen atoms in total. The number of rotatable bonds is 4. The molecule has 0 aliphatic heterocycles. The largest absolute Gasteiger partial charge is 0.454 e. The van der Waals surface area contributed by atoms with Crippen LogP contribution in [0.2, 0.25) is 0 Å². The third kappa shape index (κ3) is 3.25. The zero-order chi connectivity index (χ0) is 20.2. The van der Waals surface area contributed by atoms with E-state index in [0.717, 1.165) is 42.7 Å². The van der Waals surface area contributed by atoms with Crippen molar-refractivity contribution >= 4 is 28.3 Å². The van der Waals surface area contributed by atoms with Crippen LogP contribution in [0.4, 0.5) is 5.13 Å². The van der Waals surface area contributed by atoms with Gasteiger partial charge in [-0.3, -0.25) is 4.79 Å². The fraction of sp³-hybridized carbons (Fsp3) is 0.545. The summed E-state index contributed by atoms with van der Waals surface area (Å²) in [6, 6.07) is 5.25. The van der Waals surface area contributed by atoms with E-state index in [2.05, 4.69) is 15.3 Å². The van der Waals surface area contributed by atoms with Crippen LogP contribution in [0, 0.1) is 31.1 Å². The third-order valence-electron chi connectivity index (χ3n) is 6.92. The van der Waals surface area contributed by atoms with Crippen molar-refractivity contribution in [2.75, 3.05) is 5.32 Å². The summed E-state index contributed by atoms with van der Waals surface area (Å²) in [7, 11) is 0. The first-order valence-electron chi connectivity index (χ1n) is 10.3. The van der Waals surface area contributed by atoms with E-state index in [-0.39, 0.29) is 11.9 Å². The molecule has 1 amide bonds. The number of aryl methyl sites for hydroxylation is 2. The fourth-order valence-electron chi connectivity index (χ4n) is 6.05. The molecule has 2 heterocycles. The Morgan fingerprint density at radius 2 is 1.93 bits per heavy atom. The molecule has 6 rings (SSSR count). The smallest absolute Gasteiger partial charge is 0.357 e. The number of nitrogens with zero attached hydrogens (tertiary/aromatic N) is 2. The Kier molecular flexibility index (Phi) is 4.28. The van der Waals surface area contributed by atoms with Gasteiger partial charge in [-0.2, -0.15) is 0 Å². The van der Waals surface area contributed by atoms with E-state index in [9.17, 15) is 9.59 Å². The molecule has 2 aromatic rings. The highest BCUT2D eigenvalue weighted by atomic mass is 32.1. The number of thiazole rings is 1. The van der Waals surface area contributed by atoms with Crippen molar-refractivity contribution in [1.29, 1.82) is 0 Å². The first-order chi connectivity index (χ1) is 13.9. The van der Waals surface area contributed by atoms with Gasteiger partial charge in [-0.05, 0) is 69.9 Å². The summed E-state index contributed by atoms with van der Waals surface area (Å²) in [5.41, 5.74) is 0.263. The molecular weight excluding hydrogens is 386 g/mol. The number of ether oxygens (including phenoxy) is 1. The molecule has 4 bridgehead atoms. The summed E-state index contributed by atoms with van der Waals surface area (Å²) in [6.45, 7) is 3.97. The first kappa shape index (κ1) is 18.7. The highest BCUT2D eigenvalue weighted by Gasteiger charge is 2.62. The lowest BCUT2D eigenvalue weighted by Gasteiger charge is -2.60. The van der Waals surface area contributed by atoms with Crippen LogP contribution in [0.3, 0.4) is 0 Å². The maximum absolute atomic E-state index is 13.4. The summed E-state index contributed by atoms with van der Waals surface area (Å²) in [5, 5.41) is 3.75. The number of esters is 1. The highest BCUT2D eigenvalue weighted by Crippen LogP contribution is 2.63. The predicted molar refractivity (Wildman–Crippen MR) is 110 cm³/mol. The maximum atomic E-state index is 13.4. The standard InChI is InChI=1S/C22H25N3O3S/c1-13-14(2)29-20(24-13)25-19(27)21-8-15-7-16(9-21)11-22(10-15,12-21)28-18(26)17-5-3-4-6-23-17/h3-6,15-16H,7-12H2,1-2H3,(H,24,25,27). The number of carbonyl (C=O) groups is 2. The number of carbonyl (C=O) groups excluding carboxylic acids is 2. The van der Waals surface area contributed by atoms with E-state index in [4.69, 9.17) is 4.74 Å². The quantitative estimate of drug-likeness (QED) is 0.759. The summed E-state index contributed by atoms with van der Waals surface area (Å²) in [4.78, 5) is 35.9. The van der Waals surface area contributed by atoms with Gasteiger partial charge in [0.25, 0.3) is 0 Å². The van der Waals surface area contributed by atoms with Crippen molar-refractivity contribution in [2.24, 2.45) is 17.3 Å². The van der Waals surface area contributed by atoms with E-state index in [1.165, 1.54) is 11.3 Å². The number of nitrogens with one attached hydrogen (secondary N) is 1. The second-order valence-electron chi connectivity index (χ2n) is 9.14. The lowest BCUT2D eigenvalue weighted by Crippen LogP contribution is -2.60. The van der Waals surface area contributed by atoms with E-state index in [1.54, 1.807) is 24.4 Å². The van der Waals surface area contributed by atoms with Crippen LogP contribution in [0.1, 0.15) is 59.6 Å². The topological polar surface area (TPSA) is 81.2 Å². The minimum Gasteiger partial charge on any atom is -0.454 e. The second-order valence-corrected chi connectivity index (χ2v) is 10.3. The third-order valence-corrected chi connectivity index (χ3v) is 7.91. The molecule has 4 fully saturated rings. The number of amides is 1. The lowest BCUT2D eigenvalue weighted by atomic mass is 9.47. The number of hydrogen-bond acceptors (Lipinski definition) is 6. The van der Waals surface area contributed by atoms with Gasteiger partial charge in [0, 0.05) is 17.5 Å². The van der Waals surface area contributed by atoms with Gasteiger partial charge >= 0.3 is 5.97 Å². The molecule has 7 heteroatoms. The molecule has 152 valence electrons. The fourth-order valence-corrected chi connectivity index (χ4v) is 6.86. The molecular formula is C22H25N3O3S. The number of aromatic nitrogens is 2. The zero-order valence-corrected chi connectivity index (χ0v) is 17.6. The van der Waals surface area contributed by atoms with Gasteiger partial charge in [-0.25, -0.2) is 14.8 Å². The summed E-state index contributed by atoms with van der Waals surface area (Å²) < 4.78 is 6.09. The monoisotopic (exact) mass is 411 g/mol. The molecule has 0 radical (unpaired) electrons. The van der Waals surface area contributed by atoms with Crippen LogP contribution in [0.15, 0.2) is 24.4 Å². The van der Waals surface area contributed by atoms with Crippen LogP contribution >= 0.6 is 11.3 Å². The van der Waals surface area contributed by atoms with Crippen LogP contribution in [0.25, 0.3) is 0 Å². The van der Waals surface area contributed by atoms with Crippen molar-refractivity contribution in [3.63, 3.8) is 0 Å². The van der Waals surface area contributed by atoms with Gasteiger partial charge in [0.1, 0.15) is 11.3 Å². The Hall–Kier alpha value is -2.28. The van der Waals surface area contributed by atoms with Crippen molar-refractivity contribution in [2.45, 2.75) is 58.0 Å².